The van der Waals surface area contributed by atoms with Crippen LogP contribution in [0, 0.1) is 0 Å². The third-order valence-electron chi connectivity index (χ3n) is 2.12. The monoisotopic (exact) mass is 245 g/mol. The van der Waals surface area contributed by atoms with Gasteiger partial charge in [-0.25, -0.2) is 14.8 Å². The van der Waals surface area contributed by atoms with E-state index in [0.29, 0.717) is 0 Å². The molecule has 2 heterocycles. The number of halogens is 3. The number of aromatic nitrogens is 2. The average Bonchev–Trinajstić information content (AvgIpc) is 2.26. The number of nitrogens with zero attached hydrogens (tertiary/aromatic N) is 2. The molecule has 0 unspecified atom stereocenters. The average molecular weight is 245 g/mol. The van der Waals surface area contributed by atoms with E-state index in [1.165, 1.54) is 6.08 Å². The molecular weight excluding hydrogens is 239 g/mol. The van der Waals surface area contributed by atoms with Crippen molar-refractivity contribution < 1.29 is 23.1 Å². The van der Waals surface area contributed by atoms with Crippen LogP contribution < -0.4 is 5.32 Å². The Morgan fingerprint density at radius 1 is 1.47 bits per heavy atom. The Hall–Kier alpha value is -2.12. The topological polar surface area (TPSA) is 75.1 Å². The highest BCUT2D eigenvalue weighted by atomic mass is 19.4. The third kappa shape index (κ3) is 2.19. The van der Waals surface area contributed by atoms with Crippen LogP contribution in [0.5, 0.6) is 0 Å². The smallest absolute Gasteiger partial charge is 0.451 e. The maximum absolute atomic E-state index is 12.3. The van der Waals surface area contributed by atoms with Crippen LogP contribution in [0.1, 0.15) is 11.4 Å². The number of carboxylic acid groups (broad SMARTS) is 1. The van der Waals surface area contributed by atoms with Gasteiger partial charge in [-0.3, -0.25) is 0 Å². The Balaban J connectivity index is 2.42. The predicted octanol–water partition coefficient (Wildman–Crippen LogP) is 1.39. The lowest BCUT2D eigenvalue weighted by Gasteiger charge is -2.16. The molecule has 1 aromatic heterocycles. The molecule has 0 bridgehead atoms. The van der Waals surface area contributed by atoms with E-state index in [2.05, 4.69) is 15.3 Å². The molecule has 8 heteroatoms. The highest BCUT2D eigenvalue weighted by Gasteiger charge is 2.35. The van der Waals surface area contributed by atoms with Crippen molar-refractivity contribution in [3.63, 3.8) is 0 Å². The molecule has 0 aromatic carbocycles. The number of hydrogen-bond acceptors (Lipinski definition) is 4. The minimum absolute atomic E-state index is 0.0164. The molecule has 1 aromatic rings. The zero-order chi connectivity index (χ0) is 12.6. The summed E-state index contributed by atoms with van der Waals surface area (Å²) in [5.41, 5.74) is 0.266. The van der Waals surface area contributed by atoms with Gasteiger partial charge >= 0.3 is 12.1 Å². The van der Waals surface area contributed by atoms with Crippen LogP contribution >= 0.6 is 0 Å². The van der Waals surface area contributed by atoms with Gasteiger partial charge in [0.2, 0.25) is 5.82 Å². The van der Waals surface area contributed by atoms with Gasteiger partial charge in [-0.2, -0.15) is 13.2 Å². The van der Waals surface area contributed by atoms with Crippen molar-refractivity contribution in [2.24, 2.45) is 0 Å². The summed E-state index contributed by atoms with van der Waals surface area (Å²) in [6, 6.07) is 0. The molecule has 0 saturated heterocycles. The van der Waals surface area contributed by atoms with E-state index in [1.54, 1.807) is 0 Å². The van der Waals surface area contributed by atoms with E-state index < -0.39 is 18.0 Å². The number of carboxylic acids is 1. The number of anilines is 1. The number of carbonyl (C=O) groups is 1. The molecule has 90 valence electrons. The Bertz CT molecular complexity index is 511. The fraction of sp³-hybridized carbons (Fsp3) is 0.222. The van der Waals surface area contributed by atoms with E-state index >= 15 is 0 Å². The van der Waals surface area contributed by atoms with Crippen molar-refractivity contribution in [1.29, 1.82) is 0 Å². The van der Waals surface area contributed by atoms with Gasteiger partial charge in [0.1, 0.15) is 5.82 Å². The molecule has 5 nitrogen and oxygen atoms in total. The van der Waals surface area contributed by atoms with Crippen LogP contribution in [0.25, 0.3) is 6.08 Å². The molecule has 0 amide bonds. The summed E-state index contributed by atoms with van der Waals surface area (Å²) >= 11 is 0. The first kappa shape index (κ1) is 11.4. The van der Waals surface area contributed by atoms with Crippen LogP contribution in [0.2, 0.25) is 0 Å². The highest BCUT2D eigenvalue weighted by molar-refractivity contribution is 5.95. The summed E-state index contributed by atoms with van der Waals surface area (Å²) < 4.78 is 36.9. The lowest BCUT2D eigenvalue weighted by atomic mass is 10.1. The van der Waals surface area contributed by atoms with E-state index in [4.69, 9.17) is 5.11 Å². The second-order valence-electron chi connectivity index (χ2n) is 3.32. The molecule has 1 aliphatic rings. The summed E-state index contributed by atoms with van der Waals surface area (Å²) in [6.07, 6.45) is -2.43. The van der Waals surface area contributed by atoms with Crippen LogP contribution in [-0.2, 0) is 11.0 Å². The van der Waals surface area contributed by atoms with Gasteiger partial charge in [-0.1, -0.05) is 0 Å². The first-order valence-corrected chi connectivity index (χ1v) is 4.50. The minimum Gasteiger partial charge on any atom is -0.478 e. The summed E-state index contributed by atoms with van der Waals surface area (Å²) in [4.78, 5) is 17.1. The van der Waals surface area contributed by atoms with E-state index in [1.807, 2.05) is 0 Å². The molecule has 2 rings (SSSR count). The number of aliphatic carboxylic acids is 1. The van der Waals surface area contributed by atoms with Gasteiger partial charge in [0.25, 0.3) is 0 Å². The van der Waals surface area contributed by atoms with Gasteiger partial charge in [-0.15, -0.1) is 0 Å². The first-order valence-electron chi connectivity index (χ1n) is 4.50. The first-order chi connectivity index (χ1) is 7.88. The lowest BCUT2D eigenvalue weighted by molar-refractivity contribution is -0.145. The number of nitrogens with one attached hydrogen (secondary N) is 1. The molecule has 0 aliphatic carbocycles. The SMILES string of the molecule is O=C(O)C1=Cc2cnc(C(F)(F)F)nc2NC1. The summed E-state index contributed by atoms with van der Waals surface area (Å²) in [6.45, 7) is -0.0728. The molecule has 1 aliphatic heterocycles. The fourth-order valence-electron chi connectivity index (χ4n) is 1.33. The normalized spacial score (nSPS) is 14.6. The van der Waals surface area contributed by atoms with Crippen molar-refractivity contribution in [2.75, 3.05) is 11.9 Å². The lowest BCUT2D eigenvalue weighted by Crippen LogP contribution is -2.20. The maximum Gasteiger partial charge on any atom is 0.451 e. The second kappa shape index (κ2) is 3.72. The van der Waals surface area contributed by atoms with Gasteiger partial charge in [-0.05, 0) is 6.08 Å². The van der Waals surface area contributed by atoms with Crippen LogP contribution in [0.4, 0.5) is 19.0 Å². The zero-order valence-electron chi connectivity index (χ0n) is 8.25. The van der Waals surface area contributed by atoms with Crippen LogP contribution in [0.3, 0.4) is 0 Å². The van der Waals surface area contributed by atoms with Crippen LogP contribution in [-0.4, -0.2) is 27.6 Å². The van der Waals surface area contributed by atoms with Crippen molar-refractivity contribution in [2.45, 2.75) is 6.18 Å². The highest BCUT2D eigenvalue weighted by Crippen LogP contribution is 2.29. The predicted molar refractivity (Wildman–Crippen MR) is 51.1 cm³/mol. The number of fused-ring (bicyclic) bond motifs is 1. The summed E-state index contributed by atoms with van der Waals surface area (Å²) in [7, 11) is 0. The molecule has 0 saturated carbocycles. The number of alkyl halides is 3. The van der Waals surface area contributed by atoms with E-state index in [9.17, 15) is 18.0 Å². The van der Waals surface area contributed by atoms with Gasteiger partial charge in [0, 0.05) is 18.3 Å². The fourth-order valence-corrected chi connectivity index (χ4v) is 1.33. The van der Waals surface area contributed by atoms with Crippen molar-refractivity contribution in [1.82, 2.24) is 9.97 Å². The summed E-state index contributed by atoms with van der Waals surface area (Å²) in [5.74, 6) is -2.41. The Kier molecular flexibility index (Phi) is 2.49. The van der Waals surface area contributed by atoms with Gasteiger partial charge in [0.15, 0.2) is 0 Å². The van der Waals surface area contributed by atoms with Gasteiger partial charge < -0.3 is 10.4 Å². The van der Waals surface area contributed by atoms with Crippen molar-refractivity contribution in [3.05, 3.63) is 23.2 Å². The quantitative estimate of drug-likeness (QED) is 0.781. The zero-order valence-corrected chi connectivity index (χ0v) is 8.25. The van der Waals surface area contributed by atoms with Crippen LogP contribution in [0.15, 0.2) is 11.8 Å². The Labute approximate surface area is 93.0 Å². The molecule has 17 heavy (non-hydrogen) atoms. The molecule has 0 fully saturated rings. The van der Waals surface area contributed by atoms with Crippen molar-refractivity contribution >= 4 is 17.9 Å². The number of rotatable bonds is 1. The van der Waals surface area contributed by atoms with Crippen molar-refractivity contribution in [3.8, 4) is 0 Å². The maximum atomic E-state index is 12.3. The molecule has 0 atom stereocenters. The largest absolute Gasteiger partial charge is 0.478 e. The molecular formula is C9H6F3N3O2. The summed E-state index contributed by atoms with van der Waals surface area (Å²) in [5, 5.41) is 11.2. The van der Waals surface area contributed by atoms with E-state index in [-0.39, 0.29) is 23.5 Å². The Morgan fingerprint density at radius 3 is 2.76 bits per heavy atom. The van der Waals surface area contributed by atoms with E-state index in [0.717, 1.165) is 6.20 Å². The molecule has 0 radical (unpaired) electrons. The Morgan fingerprint density at radius 2 is 2.18 bits per heavy atom. The van der Waals surface area contributed by atoms with Gasteiger partial charge in [0.05, 0.1) is 5.57 Å². The molecule has 0 spiro atoms. The third-order valence-corrected chi connectivity index (χ3v) is 2.12. The minimum atomic E-state index is -4.62. The number of hydrogen-bond donors (Lipinski definition) is 2. The second-order valence-corrected chi connectivity index (χ2v) is 3.32. The molecule has 2 N–H and O–H groups in total. The standard InChI is InChI=1S/C9H6F3N3O2/c10-9(11,12)8-14-2-4-1-5(7(16)17)3-13-6(4)15-8/h1-2H,3H2,(H,16,17)(H,13,14,15).